The molecule has 0 heterocycles. The molecule has 20 heavy (non-hydrogen) atoms. The molecule has 2 aromatic rings. The number of thioether (sulfide) groups is 2. The number of hydrogen-bond acceptors (Lipinski definition) is 2. The number of fused-ring (bicyclic) bond motifs is 1. The Morgan fingerprint density at radius 1 is 0.900 bits per heavy atom. The van der Waals surface area contributed by atoms with Crippen molar-refractivity contribution >= 4 is 34.3 Å². The Kier molecular flexibility index (Phi) is 5.93. The third-order valence-electron chi connectivity index (χ3n) is 2.83. The predicted molar refractivity (Wildman–Crippen MR) is 92.3 cm³/mol. The van der Waals surface area contributed by atoms with Gasteiger partial charge in [-0.1, -0.05) is 18.2 Å². The first kappa shape index (κ1) is 14.9. The zero-order valence-corrected chi connectivity index (χ0v) is 12.9. The van der Waals surface area contributed by atoms with Crippen molar-refractivity contribution in [1.82, 2.24) is 0 Å². The summed E-state index contributed by atoms with van der Waals surface area (Å²) in [5.74, 6) is 7.29. The number of benzene rings is 2. The van der Waals surface area contributed by atoms with Gasteiger partial charge in [0, 0.05) is 34.1 Å². The van der Waals surface area contributed by atoms with Crippen LogP contribution in [0.3, 0.4) is 0 Å². The topological polar surface area (TPSA) is 0 Å². The molecule has 0 radical (unpaired) electrons. The summed E-state index contributed by atoms with van der Waals surface area (Å²) in [6.45, 7) is 0. The van der Waals surface area contributed by atoms with Crippen molar-refractivity contribution in [2.45, 2.75) is 22.6 Å². The van der Waals surface area contributed by atoms with Crippen molar-refractivity contribution < 1.29 is 0 Å². The van der Waals surface area contributed by atoms with E-state index in [-0.39, 0.29) is 0 Å². The molecule has 0 N–H and O–H groups in total. The zero-order valence-electron chi connectivity index (χ0n) is 11.3. The van der Waals surface area contributed by atoms with Crippen LogP contribution in [-0.4, -0.2) is 11.5 Å². The van der Waals surface area contributed by atoms with E-state index in [4.69, 9.17) is 12.8 Å². The SMILES string of the molecule is C#CCCSc1ccc2c(SCCC#C)cccc2c1. The van der Waals surface area contributed by atoms with Crippen LogP contribution in [0.5, 0.6) is 0 Å². The van der Waals surface area contributed by atoms with Crippen LogP contribution >= 0.6 is 23.5 Å². The fourth-order valence-electron chi connectivity index (χ4n) is 1.90. The lowest BCUT2D eigenvalue weighted by Crippen LogP contribution is -1.82. The third-order valence-corrected chi connectivity index (χ3v) is 4.90. The minimum atomic E-state index is 0.807. The number of terminal acetylenes is 2. The van der Waals surface area contributed by atoms with Gasteiger partial charge in [0.1, 0.15) is 0 Å². The molecule has 0 saturated carbocycles. The second-order valence-corrected chi connectivity index (χ2v) is 6.55. The average Bonchev–Trinajstić information content (AvgIpc) is 2.48. The lowest BCUT2D eigenvalue weighted by molar-refractivity contribution is 1.29. The molecule has 0 nitrogen and oxygen atoms in total. The molecule has 0 aliphatic heterocycles. The number of rotatable bonds is 6. The molecule has 0 unspecified atom stereocenters. The highest BCUT2D eigenvalue weighted by molar-refractivity contribution is 7.99. The summed E-state index contributed by atoms with van der Waals surface area (Å²) < 4.78 is 0. The van der Waals surface area contributed by atoms with Crippen molar-refractivity contribution in [2.75, 3.05) is 11.5 Å². The standard InChI is InChI=1S/C18H16S2/c1-3-5-12-19-16-10-11-17-15(14-16)8-7-9-18(17)20-13-6-4-2/h1-2,7-11,14H,5-6,12-13H2. The summed E-state index contributed by atoms with van der Waals surface area (Å²) in [7, 11) is 0. The van der Waals surface area contributed by atoms with E-state index in [9.17, 15) is 0 Å². The van der Waals surface area contributed by atoms with Crippen molar-refractivity contribution in [2.24, 2.45) is 0 Å². The van der Waals surface area contributed by atoms with Gasteiger partial charge in [-0.3, -0.25) is 0 Å². The van der Waals surface area contributed by atoms with Crippen molar-refractivity contribution in [3.63, 3.8) is 0 Å². The molecule has 2 rings (SSSR count). The van der Waals surface area contributed by atoms with E-state index >= 15 is 0 Å². The lowest BCUT2D eigenvalue weighted by atomic mass is 10.1. The maximum Gasteiger partial charge on any atom is 0.0180 e. The highest BCUT2D eigenvalue weighted by Crippen LogP contribution is 2.31. The Morgan fingerprint density at radius 2 is 1.65 bits per heavy atom. The van der Waals surface area contributed by atoms with E-state index in [1.807, 2.05) is 23.5 Å². The van der Waals surface area contributed by atoms with Gasteiger partial charge in [-0.25, -0.2) is 0 Å². The first-order valence-electron chi connectivity index (χ1n) is 6.50. The fourth-order valence-corrected chi connectivity index (χ4v) is 3.68. The Bertz CT molecular complexity index is 659. The fraction of sp³-hybridized carbons (Fsp3) is 0.222. The summed E-state index contributed by atoms with van der Waals surface area (Å²) in [6.07, 6.45) is 12.2. The molecule has 0 spiro atoms. The average molecular weight is 296 g/mol. The van der Waals surface area contributed by atoms with Gasteiger partial charge in [-0.2, -0.15) is 0 Å². The van der Waals surface area contributed by atoms with E-state index in [0.29, 0.717) is 0 Å². The molecular formula is C18H16S2. The first-order valence-corrected chi connectivity index (χ1v) is 8.47. The van der Waals surface area contributed by atoms with E-state index in [1.54, 1.807) is 0 Å². The predicted octanol–water partition coefficient (Wildman–Crippen LogP) is 5.07. The highest BCUT2D eigenvalue weighted by atomic mass is 32.2. The molecule has 2 heteroatoms. The Labute approximate surface area is 129 Å². The Morgan fingerprint density at radius 3 is 2.40 bits per heavy atom. The molecule has 0 fully saturated rings. The van der Waals surface area contributed by atoms with Crippen molar-refractivity contribution in [1.29, 1.82) is 0 Å². The summed E-state index contributed by atoms with van der Waals surface area (Å²) in [4.78, 5) is 2.58. The van der Waals surface area contributed by atoms with E-state index < -0.39 is 0 Å². The molecule has 2 aromatic carbocycles. The molecule has 0 aliphatic rings. The molecule has 0 atom stereocenters. The third kappa shape index (κ3) is 4.01. The largest absolute Gasteiger partial charge is 0.125 e. The zero-order chi connectivity index (χ0) is 14.2. The summed E-state index contributed by atoms with van der Waals surface area (Å²) in [6, 6.07) is 13.0. The quantitative estimate of drug-likeness (QED) is 0.414. The van der Waals surface area contributed by atoms with Crippen LogP contribution in [0, 0.1) is 24.7 Å². The van der Waals surface area contributed by atoms with Crippen LogP contribution in [0.1, 0.15) is 12.8 Å². The first-order chi connectivity index (χ1) is 9.85. The molecule has 0 aromatic heterocycles. The van der Waals surface area contributed by atoms with Crippen LogP contribution in [0.4, 0.5) is 0 Å². The smallest absolute Gasteiger partial charge is 0.0180 e. The van der Waals surface area contributed by atoms with Crippen molar-refractivity contribution in [3.8, 4) is 24.7 Å². The van der Waals surface area contributed by atoms with E-state index in [0.717, 1.165) is 24.3 Å². The molecule has 0 aliphatic carbocycles. The van der Waals surface area contributed by atoms with Gasteiger partial charge in [0.15, 0.2) is 0 Å². The van der Waals surface area contributed by atoms with Gasteiger partial charge >= 0.3 is 0 Å². The van der Waals surface area contributed by atoms with Gasteiger partial charge in [-0.15, -0.1) is 48.2 Å². The molecule has 0 saturated heterocycles. The van der Waals surface area contributed by atoms with Gasteiger partial charge in [-0.05, 0) is 29.0 Å². The molecule has 100 valence electrons. The Hall–Kier alpha value is -1.48. The summed E-state index contributed by atoms with van der Waals surface area (Å²) >= 11 is 3.64. The Balaban J connectivity index is 2.18. The van der Waals surface area contributed by atoms with Crippen LogP contribution in [0.25, 0.3) is 10.8 Å². The second kappa shape index (κ2) is 7.95. The van der Waals surface area contributed by atoms with Crippen LogP contribution in [0.2, 0.25) is 0 Å². The minimum absolute atomic E-state index is 0.807. The molecular weight excluding hydrogens is 280 g/mol. The van der Waals surface area contributed by atoms with E-state index in [2.05, 4.69) is 48.2 Å². The highest BCUT2D eigenvalue weighted by Gasteiger charge is 2.03. The summed E-state index contributed by atoms with van der Waals surface area (Å²) in [5, 5.41) is 2.58. The van der Waals surface area contributed by atoms with Gasteiger partial charge in [0.25, 0.3) is 0 Å². The lowest BCUT2D eigenvalue weighted by Gasteiger charge is -2.07. The van der Waals surface area contributed by atoms with Crippen LogP contribution in [0.15, 0.2) is 46.2 Å². The van der Waals surface area contributed by atoms with Crippen LogP contribution < -0.4 is 0 Å². The van der Waals surface area contributed by atoms with Gasteiger partial charge in [0.2, 0.25) is 0 Å². The molecule has 0 amide bonds. The molecule has 0 bridgehead atoms. The van der Waals surface area contributed by atoms with Crippen LogP contribution in [-0.2, 0) is 0 Å². The maximum atomic E-state index is 5.30. The summed E-state index contributed by atoms with van der Waals surface area (Å²) in [5.41, 5.74) is 0. The number of hydrogen-bond donors (Lipinski definition) is 0. The van der Waals surface area contributed by atoms with E-state index in [1.165, 1.54) is 20.6 Å². The van der Waals surface area contributed by atoms with Gasteiger partial charge < -0.3 is 0 Å². The second-order valence-electron chi connectivity index (χ2n) is 4.24. The normalized spacial score (nSPS) is 10.1. The van der Waals surface area contributed by atoms with Gasteiger partial charge in [0.05, 0.1) is 0 Å². The van der Waals surface area contributed by atoms with Crippen molar-refractivity contribution in [3.05, 3.63) is 36.4 Å². The minimum Gasteiger partial charge on any atom is -0.125 e. The monoisotopic (exact) mass is 296 g/mol. The maximum absolute atomic E-state index is 5.30.